The van der Waals surface area contributed by atoms with Gasteiger partial charge in [-0.15, -0.1) is 0 Å². The highest BCUT2D eigenvalue weighted by Gasteiger charge is 2.26. The van der Waals surface area contributed by atoms with Gasteiger partial charge in [0.1, 0.15) is 13.2 Å². The lowest BCUT2D eigenvalue weighted by Crippen LogP contribution is -2.27. The van der Waals surface area contributed by atoms with E-state index >= 15 is 0 Å². The lowest BCUT2D eigenvalue weighted by Gasteiger charge is -2.20. The number of esters is 2. The molecule has 0 spiro atoms. The first-order valence-corrected chi connectivity index (χ1v) is 12.5. The lowest BCUT2D eigenvalue weighted by molar-refractivity contribution is -0.159. The summed E-state index contributed by atoms with van der Waals surface area (Å²) >= 11 is 1.82. The number of hydrogen-bond donors (Lipinski definition) is 0. The largest absolute Gasteiger partial charge is 0.462 e. The van der Waals surface area contributed by atoms with Gasteiger partial charge in [0, 0.05) is 5.75 Å². The maximum absolute atomic E-state index is 11.8. The van der Waals surface area contributed by atoms with Crippen LogP contribution in [0.15, 0.2) is 0 Å². The summed E-state index contributed by atoms with van der Waals surface area (Å²) in [4.78, 5) is 23.4. The Morgan fingerprint density at radius 1 is 0.750 bits per heavy atom. The Morgan fingerprint density at radius 3 is 1.86 bits per heavy atom. The second-order valence-electron chi connectivity index (χ2n) is 8.14. The number of carbonyl (C=O) groups is 2. The SMILES string of the molecule is CCCCCCCCCCCCSCCC(=O)OCCOC(=O)C(C)(C)CC. The van der Waals surface area contributed by atoms with Gasteiger partial charge in [-0.1, -0.05) is 71.6 Å². The third-order valence-electron chi connectivity index (χ3n) is 5.11. The van der Waals surface area contributed by atoms with E-state index in [2.05, 4.69) is 6.92 Å². The second kappa shape index (κ2) is 18.3. The van der Waals surface area contributed by atoms with E-state index in [1.807, 2.05) is 32.5 Å². The number of carbonyl (C=O) groups excluding carboxylic acids is 2. The van der Waals surface area contributed by atoms with Crippen LogP contribution in [0.3, 0.4) is 0 Å². The van der Waals surface area contributed by atoms with Crippen LogP contribution in [-0.4, -0.2) is 36.7 Å². The summed E-state index contributed by atoms with van der Waals surface area (Å²) in [6.45, 7) is 8.21. The van der Waals surface area contributed by atoms with Gasteiger partial charge in [0.05, 0.1) is 11.8 Å². The van der Waals surface area contributed by atoms with Gasteiger partial charge in [-0.2, -0.15) is 11.8 Å². The standard InChI is InChI=1S/C23H44O4S/c1-5-7-8-9-10-11-12-13-14-15-19-28-20-16-21(24)26-17-18-27-22(25)23(3,4)6-2/h5-20H2,1-4H3. The average Bonchev–Trinajstić information content (AvgIpc) is 2.68. The van der Waals surface area contributed by atoms with Gasteiger partial charge < -0.3 is 9.47 Å². The van der Waals surface area contributed by atoms with Gasteiger partial charge in [-0.3, -0.25) is 9.59 Å². The van der Waals surface area contributed by atoms with Gasteiger partial charge in [-0.25, -0.2) is 0 Å². The van der Waals surface area contributed by atoms with Crippen LogP contribution in [0.1, 0.15) is 105 Å². The van der Waals surface area contributed by atoms with Crippen LogP contribution in [0.4, 0.5) is 0 Å². The molecular formula is C23H44O4S. The highest BCUT2D eigenvalue weighted by molar-refractivity contribution is 7.99. The van der Waals surface area contributed by atoms with Gasteiger partial charge in [0.2, 0.25) is 0 Å². The van der Waals surface area contributed by atoms with Crippen LogP contribution in [0.2, 0.25) is 0 Å². The molecule has 0 N–H and O–H groups in total. The zero-order valence-electron chi connectivity index (χ0n) is 18.9. The van der Waals surface area contributed by atoms with Crippen molar-refractivity contribution >= 4 is 23.7 Å². The summed E-state index contributed by atoms with van der Waals surface area (Å²) in [6.07, 6.45) is 14.7. The zero-order chi connectivity index (χ0) is 21.1. The van der Waals surface area contributed by atoms with E-state index in [0.717, 1.165) is 17.9 Å². The highest BCUT2D eigenvalue weighted by Crippen LogP contribution is 2.21. The first-order chi connectivity index (χ1) is 13.4. The summed E-state index contributed by atoms with van der Waals surface area (Å²) in [5, 5.41) is 0. The molecule has 0 bridgehead atoms. The van der Waals surface area contributed by atoms with Gasteiger partial charge in [-0.05, 0) is 32.4 Å². The van der Waals surface area contributed by atoms with E-state index in [9.17, 15) is 9.59 Å². The molecule has 0 fully saturated rings. The number of unbranched alkanes of at least 4 members (excludes halogenated alkanes) is 9. The molecule has 0 atom stereocenters. The van der Waals surface area contributed by atoms with Crippen molar-refractivity contribution in [1.82, 2.24) is 0 Å². The Hall–Kier alpha value is -0.710. The fourth-order valence-electron chi connectivity index (χ4n) is 2.65. The summed E-state index contributed by atoms with van der Waals surface area (Å²) in [5.74, 6) is 1.48. The molecule has 0 aromatic rings. The highest BCUT2D eigenvalue weighted by atomic mass is 32.2. The van der Waals surface area contributed by atoms with Crippen LogP contribution in [-0.2, 0) is 19.1 Å². The van der Waals surface area contributed by atoms with Crippen LogP contribution >= 0.6 is 11.8 Å². The Labute approximate surface area is 177 Å². The molecule has 0 aliphatic rings. The maximum atomic E-state index is 11.8. The van der Waals surface area contributed by atoms with E-state index in [1.54, 1.807) is 0 Å². The Balaban J connectivity index is 3.34. The first kappa shape index (κ1) is 27.3. The molecule has 4 nitrogen and oxygen atoms in total. The topological polar surface area (TPSA) is 52.6 Å². The molecule has 5 heteroatoms. The number of hydrogen-bond acceptors (Lipinski definition) is 5. The summed E-state index contributed by atoms with van der Waals surface area (Å²) in [5.41, 5.74) is -0.477. The zero-order valence-corrected chi connectivity index (χ0v) is 19.7. The molecule has 0 saturated carbocycles. The maximum Gasteiger partial charge on any atom is 0.311 e. The van der Waals surface area contributed by atoms with Crippen molar-refractivity contribution in [2.75, 3.05) is 24.7 Å². The quantitative estimate of drug-likeness (QED) is 0.176. The molecule has 0 heterocycles. The molecule has 0 radical (unpaired) electrons. The van der Waals surface area contributed by atoms with Crippen LogP contribution in [0, 0.1) is 5.41 Å². The normalized spacial score (nSPS) is 11.4. The molecular weight excluding hydrogens is 372 g/mol. The molecule has 0 aliphatic carbocycles. The predicted molar refractivity (Wildman–Crippen MR) is 120 cm³/mol. The summed E-state index contributed by atoms with van der Waals surface area (Å²) < 4.78 is 10.3. The molecule has 28 heavy (non-hydrogen) atoms. The molecule has 0 aromatic carbocycles. The smallest absolute Gasteiger partial charge is 0.311 e. The Morgan fingerprint density at radius 2 is 1.29 bits per heavy atom. The minimum absolute atomic E-state index is 0.139. The third kappa shape index (κ3) is 16.3. The molecule has 0 aliphatic heterocycles. The lowest BCUT2D eigenvalue weighted by atomic mass is 9.91. The third-order valence-corrected chi connectivity index (χ3v) is 6.18. The molecule has 166 valence electrons. The van der Waals surface area contributed by atoms with Crippen molar-refractivity contribution in [2.24, 2.45) is 5.41 Å². The van der Waals surface area contributed by atoms with Crippen molar-refractivity contribution < 1.29 is 19.1 Å². The van der Waals surface area contributed by atoms with Crippen molar-refractivity contribution in [1.29, 1.82) is 0 Å². The number of rotatable bonds is 19. The van der Waals surface area contributed by atoms with Crippen molar-refractivity contribution in [3.8, 4) is 0 Å². The second-order valence-corrected chi connectivity index (χ2v) is 9.36. The summed E-state index contributed by atoms with van der Waals surface area (Å²) in [7, 11) is 0. The Kier molecular flexibility index (Phi) is 17.9. The monoisotopic (exact) mass is 416 g/mol. The molecule has 0 unspecified atom stereocenters. The van der Waals surface area contributed by atoms with E-state index in [-0.39, 0.29) is 25.2 Å². The van der Waals surface area contributed by atoms with Gasteiger partial charge in [0.15, 0.2) is 0 Å². The number of thioether (sulfide) groups is 1. The molecule has 0 rings (SSSR count). The number of ether oxygens (including phenoxy) is 2. The van der Waals surface area contributed by atoms with Gasteiger partial charge >= 0.3 is 11.9 Å². The molecule has 0 amide bonds. The van der Waals surface area contributed by atoms with E-state index in [4.69, 9.17) is 9.47 Å². The van der Waals surface area contributed by atoms with Gasteiger partial charge in [0.25, 0.3) is 0 Å². The first-order valence-electron chi connectivity index (χ1n) is 11.3. The van der Waals surface area contributed by atoms with Crippen LogP contribution in [0.25, 0.3) is 0 Å². The average molecular weight is 417 g/mol. The Bertz CT molecular complexity index is 396. The van der Waals surface area contributed by atoms with Crippen molar-refractivity contribution in [3.63, 3.8) is 0 Å². The molecule has 0 saturated heterocycles. The minimum Gasteiger partial charge on any atom is -0.462 e. The summed E-state index contributed by atoms with van der Waals surface area (Å²) in [6, 6.07) is 0. The fourth-order valence-corrected chi connectivity index (χ4v) is 3.57. The molecule has 0 aromatic heterocycles. The van der Waals surface area contributed by atoms with E-state index in [1.165, 1.54) is 64.2 Å². The minimum atomic E-state index is -0.477. The van der Waals surface area contributed by atoms with Crippen molar-refractivity contribution in [3.05, 3.63) is 0 Å². The van der Waals surface area contributed by atoms with Crippen LogP contribution in [0.5, 0.6) is 0 Å². The van der Waals surface area contributed by atoms with E-state index in [0.29, 0.717) is 6.42 Å². The van der Waals surface area contributed by atoms with Crippen molar-refractivity contribution in [2.45, 2.75) is 105 Å². The van der Waals surface area contributed by atoms with E-state index < -0.39 is 5.41 Å². The fraction of sp³-hybridized carbons (Fsp3) is 0.913. The predicted octanol–water partition coefficient (Wildman–Crippen LogP) is 6.55. The van der Waals surface area contributed by atoms with Crippen LogP contribution < -0.4 is 0 Å².